The van der Waals surface area contributed by atoms with E-state index in [0.29, 0.717) is 16.8 Å². The molecular formula is C25H32N4O. The summed E-state index contributed by atoms with van der Waals surface area (Å²) in [6.07, 6.45) is 11.8. The first-order valence-corrected chi connectivity index (χ1v) is 11.5. The first-order valence-electron chi connectivity index (χ1n) is 11.5. The van der Waals surface area contributed by atoms with Crippen LogP contribution in [-0.2, 0) is 6.54 Å². The van der Waals surface area contributed by atoms with Gasteiger partial charge in [-0.25, -0.2) is 4.98 Å². The van der Waals surface area contributed by atoms with Crippen LogP contribution in [0.1, 0.15) is 67.3 Å². The van der Waals surface area contributed by atoms with Gasteiger partial charge in [-0.2, -0.15) is 0 Å². The molecule has 2 aromatic rings. The lowest BCUT2D eigenvalue weighted by Crippen LogP contribution is -2.58. The molecule has 5 heteroatoms. The zero-order valence-corrected chi connectivity index (χ0v) is 17.7. The maximum absolute atomic E-state index is 12.8. The average molecular weight is 405 g/mol. The fourth-order valence-electron chi connectivity index (χ4n) is 5.39. The van der Waals surface area contributed by atoms with Gasteiger partial charge in [0.25, 0.3) is 5.91 Å². The largest absolute Gasteiger partial charge is 0.383 e. The van der Waals surface area contributed by atoms with Crippen molar-refractivity contribution in [1.82, 2.24) is 15.2 Å². The molecule has 5 rings (SSSR count). The van der Waals surface area contributed by atoms with Crippen LogP contribution in [0.3, 0.4) is 0 Å². The Hall–Kier alpha value is -2.40. The normalized spacial score (nSPS) is 21.1. The third kappa shape index (κ3) is 3.95. The van der Waals surface area contributed by atoms with Crippen molar-refractivity contribution in [1.29, 1.82) is 0 Å². The Kier molecular flexibility index (Phi) is 5.23. The van der Waals surface area contributed by atoms with Gasteiger partial charge in [0.05, 0.1) is 5.56 Å². The number of nitrogens with zero attached hydrogens (tertiary/aromatic N) is 2. The van der Waals surface area contributed by atoms with Gasteiger partial charge in [0.1, 0.15) is 5.82 Å². The van der Waals surface area contributed by atoms with Crippen molar-refractivity contribution in [3.05, 3.63) is 47.7 Å². The second-order valence-corrected chi connectivity index (χ2v) is 9.66. The van der Waals surface area contributed by atoms with E-state index >= 15 is 0 Å². The molecule has 1 aliphatic heterocycles. The number of amides is 1. The highest BCUT2D eigenvalue weighted by molar-refractivity contribution is 5.99. The Morgan fingerprint density at radius 3 is 2.47 bits per heavy atom. The van der Waals surface area contributed by atoms with Gasteiger partial charge < -0.3 is 11.1 Å². The zero-order valence-electron chi connectivity index (χ0n) is 17.7. The minimum absolute atomic E-state index is 0.104. The topological polar surface area (TPSA) is 71.2 Å². The standard InChI is InChI=1S/C25H32N4O/c26-23-22(24(30)28-21-5-2-1-3-6-21)13-20(14-27-23)19-9-7-18(8-10-19)15-29-16-25(17-29)11-4-12-25/h7-10,13-14,21H,1-6,11-12,15-17H2,(H2,26,27)(H,28,30). The van der Waals surface area contributed by atoms with Crippen molar-refractivity contribution < 1.29 is 4.79 Å². The van der Waals surface area contributed by atoms with E-state index in [-0.39, 0.29) is 11.9 Å². The molecule has 158 valence electrons. The van der Waals surface area contributed by atoms with Crippen LogP contribution in [0.5, 0.6) is 0 Å². The molecule has 0 atom stereocenters. The van der Waals surface area contributed by atoms with Crippen molar-refractivity contribution in [3.63, 3.8) is 0 Å². The molecule has 5 nitrogen and oxygen atoms in total. The van der Waals surface area contributed by atoms with E-state index < -0.39 is 0 Å². The van der Waals surface area contributed by atoms with Crippen molar-refractivity contribution in [2.75, 3.05) is 18.8 Å². The maximum atomic E-state index is 12.8. The van der Waals surface area contributed by atoms with Gasteiger partial charge in [-0.05, 0) is 48.3 Å². The van der Waals surface area contributed by atoms with Crippen LogP contribution in [0.4, 0.5) is 5.82 Å². The molecule has 1 spiro atoms. The highest BCUT2D eigenvalue weighted by atomic mass is 16.1. The summed E-state index contributed by atoms with van der Waals surface area (Å²) in [7, 11) is 0. The molecular weight excluding hydrogens is 372 g/mol. The van der Waals surface area contributed by atoms with Crippen LogP contribution >= 0.6 is 0 Å². The summed E-state index contributed by atoms with van der Waals surface area (Å²) < 4.78 is 0. The molecule has 3 N–H and O–H groups in total. The minimum atomic E-state index is -0.104. The predicted octanol–water partition coefficient (Wildman–Crippen LogP) is 4.38. The molecule has 1 aromatic carbocycles. The molecule has 1 aromatic heterocycles. The molecule has 0 radical (unpaired) electrons. The second kappa shape index (κ2) is 8.03. The Bertz CT molecular complexity index is 905. The van der Waals surface area contributed by atoms with E-state index in [0.717, 1.165) is 30.5 Å². The Morgan fingerprint density at radius 2 is 1.80 bits per heavy atom. The smallest absolute Gasteiger partial charge is 0.255 e. The van der Waals surface area contributed by atoms with Gasteiger partial charge in [0.2, 0.25) is 0 Å². The van der Waals surface area contributed by atoms with Crippen molar-refractivity contribution in [3.8, 4) is 11.1 Å². The molecule has 0 unspecified atom stereocenters. The lowest BCUT2D eigenvalue weighted by Gasteiger charge is -2.56. The van der Waals surface area contributed by atoms with Crippen LogP contribution in [0.2, 0.25) is 0 Å². The molecule has 30 heavy (non-hydrogen) atoms. The number of hydrogen-bond acceptors (Lipinski definition) is 4. The SMILES string of the molecule is Nc1ncc(-c2ccc(CN3CC4(CCC4)C3)cc2)cc1C(=O)NC1CCCCC1. The number of pyridine rings is 1. The first-order chi connectivity index (χ1) is 14.6. The molecule has 2 heterocycles. The summed E-state index contributed by atoms with van der Waals surface area (Å²) >= 11 is 0. The second-order valence-electron chi connectivity index (χ2n) is 9.66. The lowest BCUT2D eigenvalue weighted by atomic mass is 9.63. The number of nitrogen functional groups attached to an aromatic ring is 1. The number of likely N-dealkylation sites (tertiary alicyclic amines) is 1. The van der Waals surface area contributed by atoms with E-state index in [1.807, 2.05) is 6.07 Å². The van der Waals surface area contributed by atoms with Gasteiger partial charge in [-0.1, -0.05) is 49.9 Å². The molecule has 2 aliphatic carbocycles. The van der Waals surface area contributed by atoms with Crippen molar-refractivity contribution >= 4 is 11.7 Å². The summed E-state index contributed by atoms with van der Waals surface area (Å²) in [5, 5.41) is 3.15. The minimum Gasteiger partial charge on any atom is -0.383 e. The number of rotatable bonds is 5. The van der Waals surface area contributed by atoms with Crippen LogP contribution in [0.25, 0.3) is 11.1 Å². The number of carbonyl (C=O) groups excluding carboxylic acids is 1. The predicted molar refractivity (Wildman–Crippen MR) is 120 cm³/mol. The van der Waals surface area contributed by atoms with E-state index in [1.54, 1.807) is 6.20 Å². The number of benzene rings is 1. The zero-order chi connectivity index (χ0) is 20.6. The highest BCUT2D eigenvalue weighted by Crippen LogP contribution is 2.48. The van der Waals surface area contributed by atoms with E-state index in [2.05, 4.69) is 39.5 Å². The third-order valence-corrected chi connectivity index (χ3v) is 7.33. The molecule has 0 bridgehead atoms. The fourth-order valence-corrected chi connectivity index (χ4v) is 5.39. The molecule has 2 saturated carbocycles. The number of anilines is 1. The van der Waals surface area contributed by atoms with E-state index in [4.69, 9.17) is 5.73 Å². The number of nitrogens with two attached hydrogens (primary N) is 1. The highest BCUT2D eigenvalue weighted by Gasteiger charge is 2.46. The fraction of sp³-hybridized carbons (Fsp3) is 0.520. The molecule has 1 amide bonds. The maximum Gasteiger partial charge on any atom is 0.255 e. The van der Waals surface area contributed by atoms with Crippen LogP contribution in [0.15, 0.2) is 36.5 Å². The molecule has 3 aliphatic rings. The van der Waals surface area contributed by atoms with Gasteiger partial charge in [-0.15, -0.1) is 0 Å². The number of carbonyl (C=O) groups is 1. The Labute approximate surface area is 179 Å². The average Bonchev–Trinajstić information content (AvgIpc) is 2.70. The van der Waals surface area contributed by atoms with Crippen molar-refractivity contribution in [2.45, 2.75) is 64.0 Å². The van der Waals surface area contributed by atoms with Gasteiger partial charge in [0.15, 0.2) is 0 Å². The lowest BCUT2D eigenvalue weighted by molar-refractivity contribution is -0.0645. The summed E-state index contributed by atoms with van der Waals surface area (Å²) in [6, 6.07) is 10.8. The molecule has 1 saturated heterocycles. The quantitative estimate of drug-likeness (QED) is 0.776. The molecule has 3 fully saturated rings. The third-order valence-electron chi connectivity index (χ3n) is 7.33. The van der Waals surface area contributed by atoms with E-state index in [9.17, 15) is 4.79 Å². The Balaban J connectivity index is 1.24. The monoisotopic (exact) mass is 404 g/mol. The van der Waals surface area contributed by atoms with Gasteiger partial charge in [0, 0.05) is 37.4 Å². The van der Waals surface area contributed by atoms with Crippen LogP contribution in [-0.4, -0.2) is 34.9 Å². The number of aromatic nitrogens is 1. The summed E-state index contributed by atoms with van der Waals surface area (Å²) in [6.45, 7) is 3.54. The van der Waals surface area contributed by atoms with Gasteiger partial charge in [-0.3, -0.25) is 9.69 Å². The first kappa shape index (κ1) is 19.6. The van der Waals surface area contributed by atoms with Gasteiger partial charge >= 0.3 is 0 Å². The number of hydrogen-bond donors (Lipinski definition) is 2. The summed E-state index contributed by atoms with van der Waals surface area (Å²) in [5.41, 5.74) is 10.5. The summed E-state index contributed by atoms with van der Waals surface area (Å²) in [4.78, 5) is 19.6. The summed E-state index contributed by atoms with van der Waals surface area (Å²) in [5.74, 6) is 0.194. The number of nitrogens with one attached hydrogen (secondary N) is 1. The van der Waals surface area contributed by atoms with Crippen LogP contribution in [0, 0.1) is 5.41 Å². The van der Waals surface area contributed by atoms with Crippen LogP contribution < -0.4 is 11.1 Å². The Morgan fingerprint density at radius 1 is 1.07 bits per heavy atom. The van der Waals surface area contributed by atoms with E-state index in [1.165, 1.54) is 57.2 Å². The van der Waals surface area contributed by atoms with Crippen molar-refractivity contribution in [2.24, 2.45) is 5.41 Å².